The minimum absolute atomic E-state index is 0.242. The predicted octanol–water partition coefficient (Wildman–Crippen LogP) is 2.92. The number of anilines is 1. The van der Waals surface area contributed by atoms with E-state index in [0.29, 0.717) is 24.7 Å². The zero-order valence-corrected chi connectivity index (χ0v) is 18.9. The van der Waals surface area contributed by atoms with Gasteiger partial charge in [-0.2, -0.15) is 0 Å². The maximum absolute atomic E-state index is 12.2. The second kappa shape index (κ2) is 10.8. The van der Waals surface area contributed by atoms with Crippen molar-refractivity contribution in [2.75, 3.05) is 37.8 Å². The smallest absolute Gasteiger partial charge is 0.289 e. The first kappa shape index (κ1) is 22.6. The summed E-state index contributed by atoms with van der Waals surface area (Å²) in [7, 11) is 0. The monoisotopic (exact) mass is 468 g/mol. The van der Waals surface area contributed by atoms with E-state index in [2.05, 4.69) is 20.7 Å². The van der Waals surface area contributed by atoms with Crippen molar-refractivity contribution in [2.24, 2.45) is 0 Å². The fourth-order valence-electron chi connectivity index (χ4n) is 2.99. The van der Waals surface area contributed by atoms with Crippen molar-refractivity contribution in [3.63, 3.8) is 0 Å². The molecule has 2 amide bonds. The molecule has 0 atom stereocenters. The molecular formula is C23H24N4O5S. The Hall–Kier alpha value is -3.63. The van der Waals surface area contributed by atoms with E-state index in [-0.39, 0.29) is 12.3 Å². The Balaban J connectivity index is 1.19. The molecule has 2 heterocycles. The van der Waals surface area contributed by atoms with Gasteiger partial charge in [0.15, 0.2) is 11.7 Å². The number of hydrogen-bond donors (Lipinski definition) is 2. The van der Waals surface area contributed by atoms with Gasteiger partial charge in [-0.15, -0.1) is 11.3 Å². The largest absolute Gasteiger partial charge is 0.484 e. The van der Waals surface area contributed by atoms with Gasteiger partial charge >= 0.3 is 0 Å². The number of ether oxygens (including phenoxy) is 3. The zero-order chi connectivity index (χ0) is 23.0. The predicted molar refractivity (Wildman–Crippen MR) is 124 cm³/mol. The summed E-state index contributed by atoms with van der Waals surface area (Å²) in [5.41, 5.74) is 6.09. The topological polar surface area (TPSA) is 102 Å². The number of amides is 2. The van der Waals surface area contributed by atoms with E-state index in [1.807, 2.05) is 31.2 Å². The number of carbonyl (C=O) groups is 2. The van der Waals surface area contributed by atoms with Crippen molar-refractivity contribution >= 4 is 28.3 Å². The zero-order valence-electron chi connectivity index (χ0n) is 18.1. The first-order valence-corrected chi connectivity index (χ1v) is 11.3. The number of rotatable bonds is 7. The van der Waals surface area contributed by atoms with Gasteiger partial charge in [0.05, 0.1) is 13.2 Å². The number of thiazole rings is 1. The van der Waals surface area contributed by atoms with Gasteiger partial charge in [-0.3, -0.25) is 20.4 Å². The summed E-state index contributed by atoms with van der Waals surface area (Å²) in [4.78, 5) is 30.7. The van der Waals surface area contributed by atoms with Crippen molar-refractivity contribution in [1.29, 1.82) is 0 Å². The lowest BCUT2D eigenvalue weighted by molar-refractivity contribution is -0.123. The van der Waals surface area contributed by atoms with Gasteiger partial charge in [-0.1, -0.05) is 17.7 Å². The third-order valence-corrected chi connectivity index (χ3v) is 5.67. The van der Waals surface area contributed by atoms with E-state index < -0.39 is 11.8 Å². The van der Waals surface area contributed by atoms with Crippen molar-refractivity contribution in [2.45, 2.75) is 6.92 Å². The molecule has 1 aliphatic rings. The molecule has 10 heteroatoms. The lowest BCUT2D eigenvalue weighted by atomic mass is 10.2. The Morgan fingerprint density at radius 2 is 1.64 bits per heavy atom. The highest BCUT2D eigenvalue weighted by molar-refractivity contribution is 7.13. The molecular weight excluding hydrogens is 444 g/mol. The van der Waals surface area contributed by atoms with Crippen molar-refractivity contribution in [3.05, 3.63) is 65.2 Å². The molecule has 9 nitrogen and oxygen atoms in total. The standard InChI is InChI=1S/C23H24N4O5S/c1-16-2-4-18(5-3-16)32-19-8-6-17(7-9-19)31-14-21(28)25-26-22(29)20-15-33-23(24-20)27-10-12-30-13-11-27/h2-9,15H,10-14H2,1H3,(H,25,28)(H,26,29). The number of hydrazine groups is 1. The fourth-order valence-corrected chi connectivity index (χ4v) is 3.85. The number of benzene rings is 2. The quantitative estimate of drug-likeness (QED) is 0.514. The van der Waals surface area contributed by atoms with Gasteiger partial charge in [0.25, 0.3) is 11.8 Å². The maximum atomic E-state index is 12.2. The van der Waals surface area contributed by atoms with Crippen LogP contribution in [-0.2, 0) is 9.53 Å². The molecule has 0 radical (unpaired) electrons. The molecule has 1 aromatic heterocycles. The highest BCUT2D eigenvalue weighted by Crippen LogP contribution is 2.24. The van der Waals surface area contributed by atoms with E-state index in [0.717, 1.165) is 29.5 Å². The summed E-state index contributed by atoms with van der Waals surface area (Å²) in [6, 6.07) is 14.7. The summed E-state index contributed by atoms with van der Waals surface area (Å²) < 4.78 is 16.5. The normalized spacial score (nSPS) is 13.3. The molecule has 33 heavy (non-hydrogen) atoms. The average molecular weight is 469 g/mol. The molecule has 0 spiro atoms. The van der Waals surface area contributed by atoms with Gasteiger partial charge in [0.1, 0.15) is 22.9 Å². The SMILES string of the molecule is Cc1ccc(Oc2ccc(OCC(=O)NNC(=O)c3csc(N4CCOCC4)n3)cc2)cc1. The average Bonchev–Trinajstić information content (AvgIpc) is 3.35. The number of aryl methyl sites for hydroxylation is 1. The number of nitrogens with zero attached hydrogens (tertiary/aromatic N) is 2. The maximum Gasteiger partial charge on any atom is 0.289 e. The van der Waals surface area contributed by atoms with Gasteiger partial charge in [0.2, 0.25) is 0 Å². The second-order valence-corrected chi connectivity index (χ2v) is 8.13. The van der Waals surface area contributed by atoms with Crippen molar-refractivity contribution in [1.82, 2.24) is 15.8 Å². The molecule has 1 fully saturated rings. The van der Waals surface area contributed by atoms with Crippen LogP contribution in [0.5, 0.6) is 17.2 Å². The number of carbonyl (C=O) groups excluding carboxylic acids is 2. The van der Waals surface area contributed by atoms with Crippen LogP contribution >= 0.6 is 11.3 Å². The Morgan fingerprint density at radius 1 is 1.00 bits per heavy atom. The lowest BCUT2D eigenvalue weighted by Gasteiger charge is -2.25. The first-order chi connectivity index (χ1) is 16.1. The summed E-state index contributed by atoms with van der Waals surface area (Å²) in [5.74, 6) is 0.912. The third kappa shape index (κ3) is 6.43. The molecule has 4 rings (SSSR count). The minimum atomic E-state index is -0.494. The lowest BCUT2D eigenvalue weighted by Crippen LogP contribution is -2.44. The third-order valence-electron chi connectivity index (χ3n) is 4.77. The number of aromatic nitrogens is 1. The molecule has 0 aliphatic carbocycles. The van der Waals surface area contributed by atoms with E-state index in [9.17, 15) is 9.59 Å². The Labute approximate surface area is 195 Å². The van der Waals surface area contributed by atoms with E-state index in [4.69, 9.17) is 14.2 Å². The Morgan fingerprint density at radius 3 is 2.33 bits per heavy atom. The molecule has 2 N–H and O–H groups in total. The number of hydrogen-bond acceptors (Lipinski definition) is 8. The van der Waals surface area contributed by atoms with Crippen LogP contribution in [0.4, 0.5) is 5.13 Å². The van der Waals surface area contributed by atoms with Gasteiger partial charge in [-0.25, -0.2) is 4.98 Å². The molecule has 0 unspecified atom stereocenters. The molecule has 172 valence electrons. The fraction of sp³-hybridized carbons (Fsp3) is 0.261. The van der Waals surface area contributed by atoms with Crippen LogP contribution in [0.3, 0.4) is 0 Å². The van der Waals surface area contributed by atoms with Crippen LogP contribution in [0.1, 0.15) is 16.1 Å². The van der Waals surface area contributed by atoms with Crippen LogP contribution < -0.4 is 25.2 Å². The molecule has 0 bridgehead atoms. The highest BCUT2D eigenvalue weighted by Gasteiger charge is 2.17. The Bertz CT molecular complexity index is 1080. The van der Waals surface area contributed by atoms with Gasteiger partial charge in [-0.05, 0) is 43.3 Å². The Kier molecular flexibility index (Phi) is 7.38. The second-order valence-electron chi connectivity index (χ2n) is 7.29. The first-order valence-electron chi connectivity index (χ1n) is 10.4. The summed E-state index contributed by atoms with van der Waals surface area (Å²) in [6.07, 6.45) is 0. The highest BCUT2D eigenvalue weighted by atomic mass is 32.1. The van der Waals surface area contributed by atoms with Gasteiger partial charge in [0, 0.05) is 18.5 Å². The minimum Gasteiger partial charge on any atom is -0.484 e. The van der Waals surface area contributed by atoms with Crippen LogP contribution in [-0.4, -0.2) is 49.7 Å². The van der Waals surface area contributed by atoms with Crippen LogP contribution in [0.25, 0.3) is 0 Å². The van der Waals surface area contributed by atoms with Crippen LogP contribution in [0.15, 0.2) is 53.9 Å². The van der Waals surface area contributed by atoms with Crippen LogP contribution in [0.2, 0.25) is 0 Å². The van der Waals surface area contributed by atoms with E-state index in [1.165, 1.54) is 11.3 Å². The van der Waals surface area contributed by atoms with Crippen molar-refractivity contribution < 1.29 is 23.8 Å². The van der Waals surface area contributed by atoms with E-state index in [1.54, 1.807) is 29.6 Å². The number of morpholine rings is 1. The molecule has 1 aliphatic heterocycles. The van der Waals surface area contributed by atoms with Crippen molar-refractivity contribution in [3.8, 4) is 17.2 Å². The molecule has 1 saturated heterocycles. The molecule has 2 aromatic carbocycles. The summed E-state index contributed by atoms with van der Waals surface area (Å²) >= 11 is 1.38. The molecule has 3 aromatic rings. The van der Waals surface area contributed by atoms with Crippen LogP contribution in [0, 0.1) is 6.92 Å². The summed E-state index contributed by atoms with van der Waals surface area (Å²) in [5, 5.41) is 2.41. The van der Waals surface area contributed by atoms with Gasteiger partial charge < -0.3 is 19.1 Å². The number of nitrogens with one attached hydrogen (secondary N) is 2. The summed E-state index contributed by atoms with van der Waals surface area (Å²) in [6.45, 7) is 4.51. The van der Waals surface area contributed by atoms with E-state index >= 15 is 0 Å². The molecule has 0 saturated carbocycles.